The van der Waals surface area contributed by atoms with Gasteiger partial charge in [0.2, 0.25) is 0 Å². The van der Waals surface area contributed by atoms with Gasteiger partial charge in [-0.1, -0.05) is 0 Å². The number of nitrogens with zero attached hydrogens (tertiary/aromatic N) is 3. The Kier molecular flexibility index (Phi) is 5.60. The smallest absolute Gasteiger partial charge is 0.137 e. The number of hydrogen-bond donors (Lipinski definition) is 1. The molecule has 6 nitrogen and oxygen atoms in total. The van der Waals surface area contributed by atoms with Gasteiger partial charge in [0.25, 0.3) is 0 Å². The van der Waals surface area contributed by atoms with E-state index in [9.17, 15) is 5.11 Å². The van der Waals surface area contributed by atoms with Gasteiger partial charge in [-0.15, -0.1) is 0 Å². The molecule has 25 heavy (non-hydrogen) atoms. The molecule has 1 aliphatic rings. The number of rotatable bonds is 6. The molecule has 0 spiro atoms. The number of aromatic nitrogens is 2. The number of ether oxygens (including phenoxy) is 2. The van der Waals surface area contributed by atoms with Gasteiger partial charge < -0.3 is 19.1 Å². The van der Waals surface area contributed by atoms with Crippen molar-refractivity contribution in [2.45, 2.75) is 25.5 Å². The number of likely N-dealkylation sites (tertiary alicyclic amines) is 1. The molecule has 6 heteroatoms. The summed E-state index contributed by atoms with van der Waals surface area (Å²) >= 11 is 0. The minimum Gasteiger partial charge on any atom is -0.497 e. The Labute approximate surface area is 149 Å². The summed E-state index contributed by atoms with van der Waals surface area (Å²) < 4.78 is 12.6. The maximum atomic E-state index is 10.6. The molecule has 1 atom stereocenters. The van der Waals surface area contributed by atoms with E-state index in [1.54, 1.807) is 20.4 Å². The van der Waals surface area contributed by atoms with E-state index in [4.69, 9.17) is 9.47 Å². The highest BCUT2D eigenvalue weighted by atomic mass is 16.5. The second-order valence-electron chi connectivity index (χ2n) is 6.68. The zero-order valence-corrected chi connectivity index (χ0v) is 15.2. The molecule has 0 amide bonds. The highest BCUT2D eigenvalue weighted by molar-refractivity contribution is 5.38. The van der Waals surface area contributed by atoms with Crippen molar-refractivity contribution in [2.75, 3.05) is 27.3 Å². The second-order valence-corrected chi connectivity index (χ2v) is 6.68. The topological polar surface area (TPSA) is 59.8 Å². The van der Waals surface area contributed by atoms with E-state index < -0.39 is 6.10 Å². The summed E-state index contributed by atoms with van der Waals surface area (Å²) in [5.41, 5.74) is 1.18. The molecule has 0 saturated carbocycles. The summed E-state index contributed by atoms with van der Waals surface area (Å²) in [4.78, 5) is 6.70. The number of methoxy groups -OCH3 is 2. The Bertz CT molecular complexity index is 671. The first-order valence-electron chi connectivity index (χ1n) is 8.70. The van der Waals surface area contributed by atoms with Crippen LogP contribution in [0.3, 0.4) is 0 Å². The van der Waals surface area contributed by atoms with Crippen LogP contribution in [0.25, 0.3) is 0 Å². The van der Waals surface area contributed by atoms with E-state index in [2.05, 4.69) is 22.0 Å². The monoisotopic (exact) mass is 345 g/mol. The van der Waals surface area contributed by atoms with Crippen LogP contribution in [0, 0.1) is 5.92 Å². The maximum absolute atomic E-state index is 10.6. The minimum absolute atomic E-state index is 0.261. The lowest BCUT2D eigenvalue weighted by Crippen LogP contribution is -2.35. The Morgan fingerprint density at radius 2 is 1.80 bits per heavy atom. The van der Waals surface area contributed by atoms with Crippen LogP contribution >= 0.6 is 0 Å². The molecule has 1 aliphatic heterocycles. The summed E-state index contributed by atoms with van der Waals surface area (Å²) in [6, 6.07) is 5.99. The normalized spacial score (nSPS) is 17.4. The molecule has 3 rings (SSSR count). The van der Waals surface area contributed by atoms with Gasteiger partial charge in [-0.2, -0.15) is 0 Å². The van der Waals surface area contributed by atoms with Crippen LogP contribution in [0.2, 0.25) is 0 Å². The van der Waals surface area contributed by atoms with Gasteiger partial charge in [-0.05, 0) is 49.5 Å². The molecule has 1 saturated heterocycles. The van der Waals surface area contributed by atoms with Gasteiger partial charge in [0.05, 0.1) is 14.2 Å². The van der Waals surface area contributed by atoms with Gasteiger partial charge in [0, 0.05) is 32.1 Å². The molecule has 2 heterocycles. The lowest BCUT2D eigenvalue weighted by Gasteiger charge is -2.34. The lowest BCUT2D eigenvalue weighted by molar-refractivity contribution is 0.0492. The largest absolute Gasteiger partial charge is 0.497 e. The zero-order valence-electron chi connectivity index (χ0n) is 15.2. The summed E-state index contributed by atoms with van der Waals surface area (Å²) in [6.07, 6.45) is 5.07. The molecule has 1 aromatic carbocycles. The van der Waals surface area contributed by atoms with E-state index in [0.717, 1.165) is 49.8 Å². The van der Waals surface area contributed by atoms with Crippen LogP contribution in [0.1, 0.15) is 30.3 Å². The average Bonchev–Trinajstić information content (AvgIpc) is 3.07. The van der Waals surface area contributed by atoms with E-state index in [-0.39, 0.29) is 5.92 Å². The van der Waals surface area contributed by atoms with Crippen molar-refractivity contribution in [1.82, 2.24) is 14.5 Å². The molecule has 0 unspecified atom stereocenters. The number of hydrogen-bond acceptors (Lipinski definition) is 5. The van der Waals surface area contributed by atoms with Crippen molar-refractivity contribution in [2.24, 2.45) is 13.0 Å². The molecule has 136 valence electrons. The molecule has 0 radical (unpaired) electrons. The summed E-state index contributed by atoms with van der Waals surface area (Å²) in [7, 11) is 5.27. The third-order valence-corrected chi connectivity index (χ3v) is 5.02. The number of imidazole rings is 1. The quantitative estimate of drug-likeness (QED) is 0.871. The van der Waals surface area contributed by atoms with Crippen LogP contribution in [-0.4, -0.2) is 46.9 Å². The van der Waals surface area contributed by atoms with Gasteiger partial charge in [-0.3, -0.25) is 4.90 Å². The first-order valence-corrected chi connectivity index (χ1v) is 8.70. The Morgan fingerprint density at radius 1 is 1.16 bits per heavy atom. The number of benzene rings is 1. The number of piperidine rings is 1. The van der Waals surface area contributed by atoms with Gasteiger partial charge in [-0.25, -0.2) is 4.98 Å². The number of aliphatic hydroxyl groups excluding tert-OH is 1. The Hall–Kier alpha value is -2.05. The molecule has 1 fully saturated rings. The van der Waals surface area contributed by atoms with E-state index >= 15 is 0 Å². The molecular weight excluding hydrogens is 318 g/mol. The molecular formula is C19H27N3O3. The van der Waals surface area contributed by atoms with Crippen molar-refractivity contribution in [3.63, 3.8) is 0 Å². The van der Waals surface area contributed by atoms with Crippen molar-refractivity contribution in [1.29, 1.82) is 0 Å². The Morgan fingerprint density at radius 3 is 2.32 bits per heavy atom. The van der Waals surface area contributed by atoms with Crippen LogP contribution in [-0.2, 0) is 13.6 Å². The lowest BCUT2D eigenvalue weighted by atomic mass is 9.90. The van der Waals surface area contributed by atoms with E-state index in [1.807, 2.05) is 23.9 Å². The van der Waals surface area contributed by atoms with Crippen LogP contribution in [0.5, 0.6) is 11.5 Å². The number of aliphatic hydroxyl groups is 1. The van der Waals surface area contributed by atoms with Crippen LogP contribution in [0.15, 0.2) is 30.6 Å². The van der Waals surface area contributed by atoms with Crippen LogP contribution < -0.4 is 9.47 Å². The third-order valence-electron chi connectivity index (χ3n) is 5.02. The molecule has 0 bridgehead atoms. The minimum atomic E-state index is -0.487. The van der Waals surface area contributed by atoms with E-state index in [0.29, 0.717) is 0 Å². The first kappa shape index (κ1) is 17.8. The van der Waals surface area contributed by atoms with Gasteiger partial charge in [0.1, 0.15) is 23.4 Å². The standard InChI is InChI=1S/C19H27N3O3/c1-21-9-6-20-19(21)18(23)15-4-7-22(8-5-15)13-14-10-16(24-2)12-17(11-14)25-3/h6,9-12,15,18,23H,4-5,7-8,13H2,1-3H3/t18-/m0/s1. The van der Waals surface area contributed by atoms with Crippen molar-refractivity contribution in [3.8, 4) is 11.5 Å². The molecule has 1 aromatic heterocycles. The molecule has 0 aliphatic carbocycles. The predicted octanol–water partition coefficient (Wildman–Crippen LogP) is 2.38. The fourth-order valence-electron chi connectivity index (χ4n) is 3.52. The highest BCUT2D eigenvalue weighted by Crippen LogP contribution is 2.31. The van der Waals surface area contributed by atoms with Gasteiger partial charge >= 0.3 is 0 Å². The first-order chi connectivity index (χ1) is 12.1. The fourth-order valence-corrected chi connectivity index (χ4v) is 3.52. The molecule has 2 aromatic rings. The fraction of sp³-hybridized carbons (Fsp3) is 0.526. The summed E-state index contributed by atoms with van der Waals surface area (Å²) in [6.45, 7) is 2.79. The summed E-state index contributed by atoms with van der Waals surface area (Å²) in [5.74, 6) is 2.65. The predicted molar refractivity (Wildman–Crippen MR) is 95.7 cm³/mol. The van der Waals surface area contributed by atoms with Crippen LogP contribution in [0.4, 0.5) is 0 Å². The SMILES string of the molecule is COc1cc(CN2CCC([C@H](O)c3nccn3C)CC2)cc(OC)c1. The third kappa shape index (κ3) is 4.14. The van der Waals surface area contributed by atoms with E-state index in [1.165, 1.54) is 5.56 Å². The van der Waals surface area contributed by atoms with Crippen molar-refractivity contribution >= 4 is 0 Å². The second kappa shape index (κ2) is 7.89. The van der Waals surface area contributed by atoms with Gasteiger partial charge in [0.15, 0.2) is 0 Å². The highest BCUT2D eigenvalue weighted by Gasteiger charge is 2.28. The Balaban J connectivity index is 1.58. The average molecular weight is 345 g/mol. The maximum Gasteiger partial charge on any atom is 0.137 e. The van der Waals surface area contributed by atoms with Crippen molar-refractivity contribution in [3.05, 3.63) is 42.0 Å². The molecule has 1 N–H and O–H groups in total. The van der Waals surface area contributed by atoms with Crippen molar-refractivity contribution < 1.29 is 14.6 Å². The number of aryl methyl sites for hydroxylation is 1. The zero-order chi connectivity index (χ0) is 17.8. The summed E-state index contributed by atoms with van der Waals surface area (Å²) in [5, 5.41) is 10.6.